The van der Waals surface area contributed by atoms with Crippen LogP contribution in [-0.4, -0.2) is 48.0 Å². The van der Waals surface area contributed by atoms with Gasteiger partial charge >= 0.3 is 0 Å². The van der Waals surface area contributed by atoms with E-state index in [0.29, 0.717) is 25.6 Å². The molecule has 26 heavy (non-hydrogen) atoms. The Morgan fingerprint density at radius 2 is 2.12 bits per heavy atom. The number of nitrogens with one attached hydrogen (secondary N) is 1. The van der Waals surface area contributed by atoms with Crippen molar-refractivity contribution in [3.05, 3.63) is 34.2 Å². The van der Waals surface area contributed by atoms with E-state index in [9.17, 15) is 13.2 Å². The van der Waals surface area contributed by atoms with E-state index in [-0.39, 0.29) is 10.6 Å². The van der Waals surface area contributed by atoms with Crippen LogP contribution in [0, 0.1) is 5.92 Å². The third kappa shape index (κ3) is 4.16. The zero-order valence-corrected chi connectivity index (χ0v) is 16.6. The zero-order valence-electron chi connectivity index (χ0n) is 15.0. The van der Waals surface area contributed by atoms with Gasteiger partial charge in [0.25, 0.3) is 15.9 Å². The van der Waals surface area contributed by atoms with Gasteiger partial charge in [-0.25, -0.2) is 8.42 Å². The molecule has 1 N–H and O–H groups in total. The second-order valence-corrected chi connectivity index (χ2v) is 9.58. The highest BCUT2D eigenvalue weighted by molar-refractivity contribution is 7.89. The van der Waals surface area contributed by atoms with Gasteiger partial charge in [-0.3, -0.25) is 9.48 Å². The number of hydrogen-bond acceptors (Lipinski definition) is 5. The average Bonchev–Trinajstić information content (AvgIpc) is 3.25. The van der Waals surface area contributed by atoms with Crippen molar-refractivity contribution >= 4 is 27.3 Å². The summed E-state index contributed by atoms with van der Waals surface area (Å²) in [4.78, 5) is 13.7. The fourth-order valence-electron chi connectivity index (χ4n) is 3.01. The van der Waals surface area contributed by atoms with Crippen molar-refractivity contribution in [2.24, 2.45) is 13.0 Å². The third-order valence-corrected chi connectivity index (χ3v) is 7.37. The van der Waals surface area contributed by atoms with Gasteiger partial charge in [-0.2, -0.15) is 9.40 Å². The van der Waals surface area contributed by atoms with Crippen molar-refractivity contribution in [2.75, 3.05) is 19.6 Å². The lowest BCUT2D eigenvalue weighted by Gasteiger charge is -2.28. The smallest absolute Gasteiger partial charge is 0.263 e. The number of rotatable bonds is 6. The predicted molar refractivity (Wildman–Crippen MR) is 101 cm³/mol. The highest BCUT2D eigenvalue weighted by Gasteiger charge is 2.34. The highest BCUT2D eigenvalue weighted by atomic mass is 32.2. The van der Waals surface area contributed by atoms with Gasteiger partial charge < -0.3 is 5.32 Å². The van der Waals surface area contributed by atoms with Crippen molar-refractivity contribution < 1.29 is 13.2 Å². The molecule has 2 aromatic heterocycles. The first-order valence-electron chi connectivity index (χ1n) is 8.72. The predicted octanol–water partition coefficient (Wildman–Crippen LogP) is 1.87. The quantitative estimate of drug-likeness (QED) is 0.808. The lowest BCUT2D eigenvalue weighted by atomic mass is 10.0. The number of aromatic nitrogens is 2. The second-order valence-electron chi connectivity index (χ2n) is 6.69. The molecule has 1 fully saturated rings. The number of sulfonamides is 1. The van der Waals surface area contributed by atoms with Gasteiger partial charge in [-0.05, 0) is 36.6 Å². The number of piperidine rings is 1. The van der Waals surface area contributed by atoms with Crippen LogP contribution < -0.4 is 5.32 Å². The molecule has 0 unspecified atom stereocenters. The summed E-state index contributed by atoms with van der Waals surface area (Å²) in [6.07, 6.45) is 3.85. The SMILES string of the molecule is CC1CCN(S(=O)(=O)c2nn(C)cc2C(=O)NCCc2cccs2)CC1. The topological polar surface area (TPSA) is 84.3 Å². The lowest BCUT2D eigenvalue weighted by molar-refractivity contribution is 0.0950. The maximum atomic E-state index is 13.0. The summed E-state index contributed by atoms with van der Waals surface area (Å²) < 4.78 is 28.8. The van der Waals surface area contributed by atoms with Gasteiger partial charge in [-0.1, -0.05) is 13.0 Å². The van der Waals surface area contributed by atoms with E-state index < -0.39 is 15.9 Å². The number of thiophene rings is 1. The van der Waals surface area contributed by atoms with E-state index in [1.54, 1.807) is 18.4 Å². The molecule has 1 saturated heterocycles. The van der Waals surface area contributed by atoms with E-state index in [2.05, 4.69) is 17.3 Å². The van der Waals surface area contributed by atoms with E-state index >= 15 is 0 Å². The molecule has 0 atom stereocenters. The van der Waals surface area contributed by atoms with Gasteiger partial charge in [0.15, 0.2) is 0 Å². The maximum absolute atomic E-state index is 13.0. The van der Waals surface area contributed by atoms with Gasteiger partial charge in [0.1, 0.15) is 0 Å². The molecule has 1 aliphatic rings. The minimum Gasteiger partial charge on any atom is -0.352 e. The number of amides is 1. The van der Waals surface area contributed by atoms with E-state index in [1.807, 2.05) is 17.5 Å². The summed E-state index contributed by atoms with van der Waals surface area (Å²) in [6.45, 7) is 3.52. The summed E-state index contributed by atoms with van der Waals surface area (Å²) in [7, 11) is -2.14. The van der Waals surface area contributed by atoms with E-state index in [4.69, 9.17) is 0 Å². The monoisotopic (exact) mass is 396 g/mol. The summed E-state index contributed by atoms with van der Waals surface area (Å²) >= 11 is 1.63. The van der Waals surface area contributed by atoms with Crippen LogP contribution in [0.2, 0.25) is 0 Å². The summed E-state index contributed by atoms with van der Waals surface area (Å²) in [5, 5.41) is 8.73. The summed E-state index contributed by atoms with van der Waals surface area (Å²) in [6, 6.07) is 3.97. The highest BCUT2D eigenvalue weighted by Crippen LogP contribution is 2.24. The molecule has 1 aliphatic heterocycles. The average molecular weight is 397 g/mol. The van der Waals surface area contributed by atoms with E-state index in [0.717, 1.165) is 19.3 Å². The third-order valence-electron chi connectivity index (χ3n) is 4.60. The Bertz CT molecular complexity index is 851. The lowest BCUT2D eigenvalue weighted by Crippen LogP contribution is -2.39. The van der Waals surface area contributed by atoms with Crippen molar-refractivity contribution in [2.45, 2.75) is 31.2 Å². The van der Waals surface area contributed by atoms with Crippen LogP contribution in [0.5, 0.6) is 0 Å². The number of aryl methyl sites for hydroxylation is 1. The Kier molecular flexibility index (Phi) is 5.79. The Morgan fingerprint density at radius 1 is 1.38 bits per heavy atom. The molecule has 0 aromatic carbocycles. The van der Waals surface area contributed by atoms with Crippen LogP contribution in [0.1, 0.15) is 35.0 Å². The molecule has 0 aliphatic carbocycles. The first-order chi connectivity index (χ1) is 12.4. The largest absolute Gasteiger partial charge is 0.352 e. The molecule has 1 amide bonds. The molecule has 9 heteroatoms. The minimum absolute atomic E-state index is 0.109. The van der Waals surface area contributed by atoms with Crippen LogP contribution in [0.25, 0.3) is 0 Å². The first-order valence-corrected chi connectivity index (χ1v) is 11.0. The van der Waals surface area contributed by atoms with Crippen LogP contribution in [0.4, 0.5) is 0 Å². The standard InChI is InChI=1S/C17H24N4O3S2/c1-13-6-9-21(10-7-13)26(23,24)17-15(12-20(2)19-17)16(22)18-8-5-14-4-3-11-25-14/h3-4,11-13H,5-10H2,1-2H3,(H,18,22). The maximum Gasteiger partial charge on any atom is 0.263 e. The molecular formula is C17H24N4O3S2. The van der Waals surface area contributed by atoms with Crippen molar-refractivity contribution in [1.29, 1.82) is 0 Å². The van der Waals surface area contributed by atoms with Crippen LogP contribution in [-0.2, 0) is 23.5 Å². The molecule has 0 bridgehead atoms. The Labute approximate surface area is 158 Å². The molecule has 2 aromatic rings. The number of nitrogens with zero attached hydrogens (tertiary/aromatic N) is 3. The van der Waals surface area contributed by atoms with Crippen molar-refractivity contribution in [1.82, 2.24) is 19.4 Å². The van der Waals surface area contributed by atoms with Gasteiger partial charge in [0.05, 0.1) is 5.56 Å². The first kappa shape index (κ1) is 19.1. The molecule has 3 heterocycles. The van der Waals surface area contributed by atoms with E-state index in [1.165, 1.54) is 20.1 Å². The van der Waals surface area contributed by atoms with Gasteiger partial charge in [-0.15, -0.1) is 11.3 Å². The fourth-order valence-corrected chi connectivity index (χ4v) is 5.31. The Morgan fingerprint density at radius 3 is 2.77 bits per heavy atom. The molecule has 3 rings (SSSR count). The molecule has 0 spiro atoms. The molecule has 0 saturated carbocycles. The fraction of sp³-hybridized carbons (Fsp3) is 0.529. The van der Waals surface area contributed by atoms with Gasteiger partial charge in [0, 0.05) is 37.8 Å². The van der Waals surface area contributed by atoms with Crippen LogP contribution in [0.3, 0.4) is 0 Å². The van der Waals surface area contributed by atoms with Crippen molar-refractivity contribution in [3.8, 4) is 0 Å². The summed E-state index contributed by atoms with van der Waals surface area (Å²) in [5.41, 5.74) is 0.109. The van der Waals surface area contributed by atoms with Gasteiger partial charge in [0.2, 0.25) is 5.03 Å². The number of carbonyl (C=O) groups is 1. The zero-order chi connectivity index (χ0) is 18.7. The Hall–Kier alpha value is -1.71. The molecule has 7 nitrogen and oxygen atoms in total. The Balaban J connectivity index is 1.73. The molecule has 0 radical (unpaired) electrons. The minimum atomic E-state index is -3.77. The normalized spacial score (nSPS) is 16.7. The second kappa shape index (κ2) is 7.89. The number of hydrogen-bond donors (Lipinski definition) is 1. The van der Waals surface area contributed by atoms with Crippen LogP contribution >= 0.6 is 11.3 Å². The van der Waals surface area contributed by atoms with Crippen LogP contribution in [0.15, 0.2) is 28.7 Å². The molecule has 142 valence electrons. The molecular weight excluding hydrogens is 372 g/mol. The summed E-state index contributed by atoms with van der Waals surface area (Å²) in [5.74, 6) is 0.115. The number of carbonyl (C=O) groups excluding carboxylic acids is 1. The van der Waals surface area contributed by atoms with Crippen molar-refractivity contribution in [3.63, 3.8) is 0 Å².